The van der Waals surface area contributed by atoms with E-state index >= 15 is 0 Å². The van der Waals surface area contributed by atoms with Gasteiger partial charge in [-0.1, -0.05) is 6.92 Å². The van der Waals surface area contributed by atoms with Crippen LogP contribution < -0.4 is 0 Å². The van der Waals surface area contributed by atoms with Crippen molar-refractivity contribution in [3.05, 3.63) is 0 Å². The van der Waals surface area contributed by atoms with Gasteiger partial charge in [0, 0.05) is 13.7 Å². The zero-order valence-electron chi connectivity index (χ0n) is 9.01. The first-order valence-electron chi connectivity index (χ1n) is 5.73. The van der Waals surface area contributed by atoms with E-state index < -0.39 is 0 Å². The minimum absolute atomic E-state index is 0.795. The maximum Gasteiger partial charge on any atom is 0.0490 e. The Bertz CT molecular complexity index is 160. The van der Waals surface area contributed by atoms with E-state index in [-0.39, 0.29) is 0 Å². The van der Waals surface area contributed by atoms with Crippen molar-refractivity contribution >= 4 is 0 Å². The van der Waals surface area contributed by atoms with Crippen LogP contribution >= 0.6 is 0 Å². The van der Waals surface area contributed by atoms with E-state index in [1.807, 2.05) is 7.11 Å². The third-order valence-electron chi connectivity index (χ3n) is 4.13. The van der Waals surface area contributed by atoms with Crippen LogP contribution in [0.5, 0.6) is 0 Å². The zero-order chi connectivity index (χ0) is 9.31. The molecule has 0 atom stereocenters. The van der Waals surface area contributed by atoms with Crippen LogP contribution in [0, 0.1) is 17.3 Å². The standard InChI is InChI=1S/C12H22O/c1-10-7-12(8-10)5-3-11(4-6-12)9-13-2/h10-11H,3-9H2,1-2H3. The Kier molecular flexibility index (Phi) is 2.64. The van der Waals surface area contributed by atoms with Gasteiger partial charge < -0.3 is 4.74 Å². The van der Waals surface area contributed by atoms with Crippen LogP contribution in [0.4, 0.5) is 0 Å². The van der Waals surface area contributed by atoms with Gasteiger partial charge in [0.15, 0.2) is 0 Å². The Morgan fingerprint density at radius 2 is 1.85 bits per heavy atom. The average Bonchev–Trinajstić information content (AvgIpc) is 2.07. The van der Waals surface area contributed by atoms with Gasteiger partial charge in [0.2, 0.25) is 0 Å². The lowest BCUT2D eigenvalue weighted by molar-refractivity contribution is -0.00503. The summed E-state index contributed by atoms with van der Waals surface area (Å²) in [6.07, 6.45) is 8.80. The van der Waals surface area contributed by atoms with Crippen molar-refractivity contribution in [2.45, 2.75) is 45.4 Å². The van der Waals surface area contributed by atoms with Gasteiger partial charge in [-0.2, -0.15) is 0 Å². The van der Waals surface area contributed by atoms with Crippen molar-refractivity contribution in [3.63, 3.8) is 0 Å². The van der Waals surface area contributed by atoms with Crippen LogP contribution in [-0.4, -0.2) is 13.7 Å². The molecule has 2 saturated carbocycles. The normalized spacial score (nSPS) is 44.8. The summed E-state index contributed by atoms with van der Waals surface area (Å²) >= 11 is 0. The van der Waals surface area contributed by atoms with E-state index in [1.165, 1.54) is 38.5 Å². The number of hydrogen-bond donors (Lipinski definition) is 0. The SMILES string of the molecule is COCC1CCC2(CC1)CC(C)C2. The van der Waals surface area contributed by atoms with Gasteiger partial charge in [0.25, 0.3) is 0 Å². The van der Waals surface area contributed by atoms with Gasteiger partial charge in [-0.05, 0) is 55.8 Å². The molecule has 1 spiro atoms. The van der Waals surface area contributed by atoms with Crippen molar-refractivity contribution in [1.82, 2.24) is 0 Å². The molecule has 13 heavy (non-hydrogen) atoms. The topological polar surface area (TPSA) is 9.23 Å². The fourth-order valence-corrected chi connectivity index (χ4v) is 3.52. The number of rotatable bonds is 2. The first-order valence-corrected chi connectivity index (χ1v) is 5.73. The second-order valence-corrected chi connectivity index (χ2v) is 5.41. The maximum atomic E-state index is 5.22. The van der Waals surface area contributed by atoms with Gasteiger partial charge in [0.05, 0.1) is 0 Å². The molecule has 2 rings (SSSR count). The van der Waals surface area contributed by atoms with Gasteiger partial charge in [0.1, 0.15) is 0 Å². The molecule has 1 nitrogen and oxygen atoms in total. The highest BCUT2D eigenvalue weighted by molar-refractivity contribution is 4.94. The maximum absolute atomic E-state index is 5.22. The van der Waals surface area contributed by atoms with Crippen molar-refractivity contribution in [3.8, 4) is 0 Å². The molecule has 0 aliphatic heterocycles. The van der Waals surface area contributed by atoms with Gasteiger partial charge in [-0.25, -0.2) is 0 Å². The molecule has 0 aromatic carbocycles. The Labute approximate surface area is 81.9 Å². The molecule has 0 aromatic heterocycles. The van der Waals surface area contributed by atoms with Gasteiger partial charge in [-0.3, -0.25) is 0 Å². The van der Waals surface area contributed by atoms with Crippen molar-refractivity contribution < 1.29 is 4.74 Å². The third-order valence-corrected chi connectivity index (χ3v) is 4.13. The molecular formula is C12H22O. The summed E-state index contributed by atoms with van der Waals surface area (Å²) in [5.74, 6) is 1.88. The monoisotopic (exact) mass is 182 g/mol. The molecule has 0 bridgehead atoms. The van der Waals surface area contributed by atoms with Crippen molar-refractivity contribution in [2.24, 2.45) is 17.3 Å². The lowest BCUT2D eigenvalue weighted by Crippen LogP contribution is -2.39. The largest absolute Gasteiger partial charge is 0.384 e. The molecule has 2 aliphatic carbocycles. The molecule has 0 aromatic rings. The molecule has 2 aliphatic rings. The molecule has 76 valence electrons. The Morgan fingerprint density at radius 3 is 2.31 bits per heavy atom. The predicted octanol–water partition coefficient (Wildman–Crippen LogP) is 3.24. The van der Waals surface area contributed by atoms with Crippen LogP contribution in [0.25, 0.3) is 0 Å². The lowest BCUT2D eigenvalue weighted by atomic mass is 9.55. The van der Waals surface area contributed by atoms with E-state index in [2.05, 4.69) is 6.92 Å². The second kappa shape index (κ2) is 3.61. The molecule has 0 amide bonds. The molecular weight excluding hydrogens is 160 g/mol. The summed E-state index contributed by atoms with van der Waals surface area (Å²) < 4.78 is 5.22. The summed E-state index contributed by atoms with van der Waals surface area (Å²) in [6.45, 7) is 3.39. The molecule has 0 unspecified atom stereocenters. The number of hydrogen-bond acceptors (Lipinski definition) is 1. The highest BCUT2D eigenvalue weighted by Gasteiger charge is 2.43. The predicted molar refractivity (Wildman–Crippen MR) is 54.7 cm³/mol. The smallest absolute Gasteiger partial charge is 0.0490 e. The van der Waals surface area contributed by atoms with Gasteiger partial charge >= 0.3 is 0 Å². The molecule has 0 N–H and O–H groups in total. The molecule has 0 heterocycles. The summed E-state index contributed by atoms with van der Waals surface area (Å²) in [5, 5.41) is 0. The van der Waals surface area contributed by atoms with E-state index in [0.29, 0.717) is 0 Å². The minimum Gasteiger partial charge on any atom is -0.384 e. The fourth-order valence-electron chi connectivity index (χ4n) is 3.52. The summed E-state index contributed by atoms with van der Waals surface area (Å²) in [4.78, 5) is 0. The minimum atomic E-state index is 0.795. The highest BCUT2D eigenvalue weighted by Crippen LogP contribution is 2.55. The van der Waals surface area contributed by atoms with Crippen LogP contribution in [0.15, 0.2) is 0 Å². The van der Waals surface area contributed by atoms with Crippen LogP contribution in [-0.2, 0) is 4.74 Å². The average molecular weight is 182 g/mol. The van der Waals surface area contributed by atoms with E-state index in [1.54, 1.807) is 0 Å². The van der Waals surface area contributed by atoms with E-state index in [0.717, 1.165) is 23.9 Å². The Morgan fingerprint density at radius 1 is 1.23 bits per heavy atom. The third kappa shape index (κ3) is 1.90. The molecule has 0 radical (unpaired) electrons. The first-order chi connectivity index (χ1) is 6.24. The number of ether oxygens (including phenoxy) is 1. The Balaban J connectivity index is 1.77. The number of methoxy groups -OCH3 is 1. The lowest BCUT2D eigenvalue weighted by Gasteiger charge is -2.50. The molecule has 2 fully saturated rings. The van der Waals surface area contributed by atoms with Crippen molar-refractivity contribution in [1.29, 1.82) is 0 Å². The quantitative estimate of drug-likeness (QED) is 0.637. The van der Waals surface area contributed by atoms with Crippen molar-refractivity contribution in [2.75, 3.05) is 13.7 Å². The second-order valence-electron chi connectivity index (χ2n) is 5.41. The first kappa shape index (κ1) is 9.51. The summed E-state index contributed by atoms with van der Waals surface area (Å²) in [7, 11) is 1.83. The summed E-state index contributed by atoms with van der Waals surface area (Å²) in [5.41, 5.74) is 0.795. The van der Waals surface area contributed by atoms with Gasteiger partial charge in [-0.15, -0.1) is 0 Å². The highest BCUT2D eigenvalue weighted by atomic mass is 16.5. The van der Waals surface area contributed by atoms with Crippen LogP contribution in [0.3, 0.4) is 0 Å². The summed E-state index contributed by atoms with van der Waals surface area (Å²) in [6, 6.07) is 0. The van der Waals surface area contributed by atoms with Crippen LogP contribution in [0.2, 0.25) is 0 Å². The van der Waals surface area contributed by atoms with Crippen LogP contribution in [0.1, 0.15) is 45.4 Å². The zero-order valence-corrected chi connectivity index (χ0v) is 9.01. The van der Waals surface area contributed by atoms with E-state index in [9.17, 15) is 0 Å². The Hall–Kier alpha value is -0.0400. The fraction of sp³-hybridized carbons (Fsp3) is 1.00. The van der Waals surface area contributed by atoms with E-state index in [4.69, 9.17) is 4.74 Å². The molecule has 1 heteroatoms. The molecule has 0 saturated heterocycles.